The number of aryl methyl sites for hydroxylation is 1. The first-order valence-electron chi connectivity index (χ1n) is 17.7. The standard InChI is InChI=1S/C44H39N5O6/c1-5-28-11-16-33(45-27-28)21-22-55-35-19-14-31(15-20-35)37-26-36(30-12-17-34(50)18-13-30)47-44(48-37)49-42(32-9-7-6-8-10-32)46-38(43(49)51)23-29-24-39(52-2)41(54-4)40(25-29)53-3/h6-20,23-27,50H,5,21-22H2,1-4H3/b38-23+. The third kappa shape index (κ3) is 8.01. The maximum atomic E-state index is 14.5. The number of phenols is 1. The minimum atomic E-state index is -0.427. The number of aliphatic imine (C=N–C) groups is 1. The van der Waals surface area contributed by atoms with Crippen LogP contribution in [0.5, 0.6) is 28.7 Å². The molecule has 55 heavy (non-hydrogen) atoms. The predicted octanol–water partition coefficient (Wildman–Crippen LogP) is 7.96. The zero-order chi connectivity index (χ0) is 38.3. The number of nitrogens with zero attached hydrogens (tertiary/aromatic N) is 5. The Hall–Kier alpha value is -7.01. The van der Waals surface area contributed by atoms with Crippen molar-refractivity contribution in [3.63, 3.8) is 0 Å². The molecule has 2 aromatic heterocycles. The summed E-state index contributed by atoms with van der Waals surface area (Å²) in [6.07, 6.45) is 5.20. The number of hydrogen-bond donors (Lipinski definition) is 1. The number of pyridine rings is 1. The number of methoxy groups -OCH3 is 3. The van der Waals surface area contributed by atoms with Crippen LogP contribution in [0, 0.1) is 0 Å². The average molecular weight is 734 g/mol. The van der Waals surface area contributed by atoms with Gasteiger partial charge in [0, 0.05) is 35.0 Å². The Bertz CT molecular complexity index is 2340. The largest absolute Gasteiger partial charge is 0.508 e. The fourth-order valence-electron chi connectivity index (χ4n) is 6.10. The first-order chi connectivity index (χ1) is 26.9. The Balaban J connectivity index is 1.26. The molecule has 1 aliphatic heterocycles. The van der Waals surface area contributed by atoms with Gasteiger partial charge in [0.05, 0.1) is 39.3 Å². The van der Waals surface area contributed by atoms with Crippen molar-refractivity contribution in [2.75, 3.05) is 32.8 Å². The molecule has 3 heterocycles. The number of anilines is 1. The third-order valence-electron chi connectivity index (χ3n) is 9.03. The van der Waals surface area contributed by atoms with E-state index in [0.29, 0.717) is 64.4 Å². The van der Waals surface area contributed by atoms with E-state index in [1.165, 1.54) is 31.8 Å². The number of amidine groups is 1. The molecule has 0 saturated carbocycles. The number of benzene rings is 4. The number of carbonyl (C=O) groups excluding carboxylic acids is 1. The van der Waals surface area contributed by atoms with Gasteiger partial charge in [0.15, 0.2) is 17.3 Å². The third-order valence-corrected chi connectivity index (χ3v) is 9.03. The monoisotopic (exact) mass is 733 g/mol. The van der Waals surface area contributed by atoms with Crippen molar-refractivity contribution in [1.82, 2.24) is 15.0 Å². The van der Waals surface area contributed by atoms with E-state index in [1.807, 2.05) is 72.9 Å². The van der Waals surface area contributed by atoms with Crippen LogP contribution in [0.1, 0.15) is 29.3 Å². The van der Waals surface area contributed by atoms with Gasteiger partial charge in [0.2, 0.25) is 11.7 Å². The molecule has 0 spiro atoms. The van der Waals surface area contributed by atoms with Crippen molar-refractivity contribution >= 4 is 23.8 Å². The highest BCUT2D eigenvalue weighted by Crippen LogP contribution is 2.39. The zero-order valence-corrected chi connectivity index (χ0v) is 30.9. The summed E-state index contributed by atoms with van der Waals surface area (Å²) >= 11 is 0. The molecule has 276 valence electrons. The van der Waals surface area contributed by atoms with E-state index in [4.69, 9.17) is 33.9 Å². The summed E-state index contributed by atoms with van der Waals surface area (Å²) in [6, 6.07) is 33.2. The Labute approximate surface area is 319 Å². The maximum absolute atomic E-state index is 14.5. The van der Waals surface area contributed by atoms with Crippen LogP contribution in [0.25, 0.3) is 28.6 Å². The predicted molar refractivity (Wildman–Crippen MR) is 212 cm³/mol. The van der Waals surface area contributed by atoms with Crippen molar-refractivity contribution in [3.8, 4) is 51.3 Å². The van der Waals surface area contributed by atoms with Crippen LogP contribution < -0.4 is 23.8 Å². The van der Waals surface area contributed by atoms with Gasteiger partial charge in [-0.3, -0.25) is 9.78 Å². The van der Waals surface area contributed by atoms with E-state index in [9.17, 15) is 9.90 Å². The Morgan fingerprint density at radius 1 is 0.745 bits per heavy atom. The molecule has 0 atom stereocenters. The van der Waals surface area contributed by atoms with E-state index < -0.39 is 5.91 Å². The fraction of sp³-hybridized carbons (Fsp3) is 0.159. The molecule has 0 unspecified atom stereocenters. The van der Waals surface area contributed by atoms with Gasteiger partial charge in [0.1, 0.15) is 17.2 Å². The summed E-state index contributed by atoms with van der Waals surface area (Å²) in [6.45, 7) is 2.58. The van der Waals surface area contributed by atoms with Gasteiger partial charge in [-0.25, -0.2) is 19.9 Å². The number of carbonyl (C=O) groups is 1. The van der Waals surface area contributed by atoms with Crippen LogP contribution in [0.2, 0.25) is 0 Å². The number of amides is 1. The first-order valence-corrected chi connectivity index (χ1v) is 17.7. The van der Waals surface area contributed by atoms with Gasteiger partial charge in [-0.1, -0.05) is 43.3 Å². The maximum Gasteiger partial charge on any atom is 0.285 e. The van der Waals surface area contributed by atoms with Gasteiger partial charge in [-0.2, -0.15) is 0 Å². The number of ether oxygens (including phenoxy) is 4. The van der Waals surface area contributed by atoms with Crippen LogP contribution in [0.3, 0.4) is 0 Å². The van der Waals surface area contributed by atoms with Crippen molar-refractivity contribution in [2.24, 2.45) is 4.99 Å². The van der Waals surface area contributed by atoms with Crippen molar-refractivity contribution in [3.05, 3.63) is 143 Å². The van der Waals surface area contributed by atoms with Crippen LogP contribution in [0.15, 0.2) is 126 Å². The lowest BCUT2D eigenvalue weighted by Gasteiger charge is -2.18. The molecular formula is C44H39N5O6. The molecule has 0 aliphatic carbocycles. The Kier molecular flexibility index (Phi) is 10.8. The van der Waals surface area contributed by atoms with E-state index in [0.717, 1.165) is 23.2 Å². The lowest BCUT2D eigenvalue weighted by atomic mass is 10.1. The molecule has 11 nitrogen and oxygen atoms in total. The van der Waals surface area contributed by atoms with E-state index in [-0.39, 0.29) is 17.4 Å². The van der Waals surface area contributed by atoms with Crippen LogP contribution in [-0.2, 0) is 17.6 Å². The fourth-order valence-corrected chi connectivity index (χ4v) is 6.10. The number of hydrogen-bond acceptors (Lipinski definition) is 10. The number of aromatic nitrogens is 3. The number of rotatable bonds is 13. The first kappa shape index (κ1) is 36.4. The highest BCUT2D eigenvalue weighted by atomic mass is 16.5. The molecule has 11 heteroatoms. The van der Waals surface area contributed by atoms with Crippen molar-refractivity contribution < 1.29 is 28.8 Å². The van der Waals surface area contributed by atoms with Gasteiger partial charge < -0.3 is 24.1 Å². The minimum Gasteiger partial charge on any atom is -0.508 e. The zero-order valence-electron chi connectivity index (χ0n) is 30.9. The summed E-state index contributed by atoms with van der Waals surface area (Å²) in [5, 5.41) is 10.0. The SMILES string of the molecule is CCc1ccc(CCOc2ccc(-c3cc(-c4ccc(O)cc4)nc(N4C(=O)/C(=C\c5cc(OC)c(OC)c(OC)c5)N=C4c4ccccc4)n3)cc2)nc1. The van der Waals surface area contributed by atoms with E-state index >= 15 is 0 Å². The molecule has 0 fully saturated rings. The topological polar surface area (TPSA) is 128 Å². The highest BCUT2D eigenvalue weighted by Gasteiger charge is 2.35. The number of aromatic hydroxyl groups is 1. The van der Waals surface area contributed by atoms with Gasteiger partial charge in [0.25, 0.3) is 5.91 Å². The summed E-state index contributed by atoms with van der Waals surface area (Å²) < 4.78 is 22.6. The second-order valence-electron chi connectivity index (χ2n) is 12.5. The van der Waals surface area contributed by atoms with Crippen LogP contribution >= 0.6 is 0 Å². The molecule has 0 radical (unpaired) electrons. The van der Waals surface area contributed by atoms with Crippen molar-refractivity contribution in [2.45, 2.75) is 19.8 Å². The van der Waals surface area contributed by atoms with Crippen LogP contribution in [-0.4, -0.2) is 59.7 Å². The smallest absolute Gasteiger partial charge is 0.285 e. The second-order valence-corrected chi connectivity index (χ2v) is 12.5. The molecule has 7 rings (SSSR count). The summed E-state index contributed by atoms with van der Waals surface area (Å²) in [7, 11) is 4.59. The molecule has 4 aromatic carbocycles. The molecule has 0 saturated heterocycles. The summed E-state index contributed by atoms with van der Waals surface area (Å²) in [4.78, 5) is 35.1. The van der Waals surface area contributed by atoms with Crippen molar-refractivity contribution in [1.29, 1.82) is 0 Å². The molecule has 1 aliphatic rings. The van der Waals surface area contributed by atoms with Gasteiger partial charge in [-0.05, 0) is 96.4 Å². The summed E-state index contributed by atoms with van der Waals surface area (Å²) in [5.74, 6) is 2.20. The lowest BCUT2D eigenvalue weighted by molar-refractivity contribution is -0.113. The normalized spacial score (nSPS) is 13.2. The molecule has 0 bridgehead atoms. The molecule has 1 amide bonds. The minimum absolute atomic E-state index is 0.123. The second kappa shape index (κ2) is 16.3. The van der Waals surface area contributed by atoms with Crippen LogP contribution in [0.4, 0.5) is 5.95 Å². The Morgan fingerprint density at radius 3 is 1.98 bits per heavy atom. The van der Waals surface area contributed by atoms with E-state index in [2.05, 4.69) is 18.0 Å². The molecular weight excluding hydrogens is 695 g/mol. The quantitative estimate of drug-likeness (QED) is 0.118. The molecule has 1 N–H and O–H groups in total. The Morgan fingerprint density at radius 2 is 1.40 bits per heavy atom. The molecule has 6 aromatic rings. The highest BCUT2D eigenvalue weighted by molar-refractivity contribution is 6.32. The number of phenolic OH excluding ortho intramolecular Hbond substituents is 1. The lowest BCUT2D eigenvalue weighted by Crippen LogP contribution is -2.34. The van der Waals surface area contributed by atoms with Gasteiger partial charge >= 0.3 is 0 Å². The van der Waals surface area contributed by atoms with Gasteiger partial charge in [-0.15, -0.1) is 0 Å². The summed E-state index contributed by atoms with van der Waals surface area (Å²) in [5.41, 5.74) is 6.27. The average Bonchev–Trinajstić information content (AvgIpc) is 3.56. The van der Waals surface area contributed by atoms with E-state index in [1.54, 1.807) is 42.5 Å².